The second kappa shape index (κ2) is 4.94. The highest BCUT2D eigenvalue weighted by Crippen LogP contribution is 2.14. The quantitative estimate of drug-likeness (QED) is 0.840. The fraction of sp³-hybridized carbons (Fsp3) is 0.273. The average Bonchev–Trinajstić information content (AvgIpc) is 2.17. The Hall–Kier alpha value is -1.35. The predicted molar refractivity (Wildman–Crippen MR) is 59.0 cm³/mol. The zero-order valence-electron chi connectivity index (χ0n) is 8.63. The smallest absolute Gasteiger partial charge is 0.258 e. The van der Waals surface area contributed by atoms with Crippen molar-refractivity contribution in [2.24, 2.45) is 0 Å². The Balaban J connectivity index is 2.87. The van der Waals surface area contributed by atoms with Crippen molar-refractivity contribution in [2.75, 3.05) is 0 Å². The van der Waals surface area contributed by atoms with Gasteiger partial charge in [0.15, 0.2) is 0 Å². The molecule has 0 radical (unpaired) electrons. The first-order valence-electron chi connectivity index (χ1n) is 4.65. The van der Waals surface area contributed by atoms with E-state index in [1.807, 2.05) is 0 Å². The maximum absolute atomic E-state index is 11.6. The zero-order valence-corrected chi connectivity index (χ0v) is 9.39. The summed E-state index contributed by atoms with van der Waals surface area (Å²) >= 11 is 5.76. The molecule has 0 atom stereocenters. The minimum Gasteiger partial charge on any atom is -0.292 e. The van der Waals surface area contributed by atoms with Crippen LogP contribution in [0.15, 0.2) is 18.2 Å². The molecule has 1 aromatic rings. The third kappa shape index (κ3) is 3.06. The van der Waals surface area contributed by atoms with Crippen LogP contribution in [0.2, 0.25) is 5.02 Å². The molecule has 1 aromatic carbocycles. The second-order valence-corrected chi connectivity index (χ2v) is 3.63. The molecule has 4 heteroatoms. The monoisotopic (exact) mass is 225 g/mol. The number of halogens is 1. The van der Waals surface area contributed by atoms with Crippen LogP contribution in [0.3, 0.4) is 0 Å². The van der Waals surface area contributed by atoms with Crippen molar-refractivity contribution < 1.29 is 9.59 Å². The molecule has 0 aliphatic carbocycles. The molecule has 0 aliphatic rings. The molecule has 0 spiro atoms. The zero-order chi connectivity index (χ0) is 11.4. The molecule has 2 amide bonds. The summed E-state index contributed by atoms with van der Waals surface area (Å²) in [4.78, 5) is 22.6. The lowest BCUT2D eigenvalue weighted by Crippen LogP contribution is -2.30. The Morgan fingerprint density at radius 3 is 2.60 bits per heavy atom. The van der Waals surface area contributed by atoms with Crippen molar-refractivity contribution in [3.63, 3.8) is 0 Å². The summed E-state index contributed by atoms with van der Waals surface area (Å²) in [6.07, 6.45) is 0.290. The van der Waals surface area contributed by atoms with Crippen molar-refractivity contribution in [3.05, 3.63) is 34.3 Å². The van der Waals surface area contributed by atoms with Gasteiger partial charge in [0.2, 0.25) is 5.91 Å². The number of carbonyl (C=O) groups is 2. The highest BCUT2D eigenvalue weighted by molar-refractivity contribution is 6.30. The number of rotatable bonds is 2. The summed E-state index contributed by atoms with van der Waals surface area (Å²) in [6, 6.07) is 4.92. The van der Waals surface area contributed by atoms with Crippen LogP contribution in [0.25, 0.3) is 0 Å². The summed E-state index contributed by atoms with van der Waals surface area (Å²) < 4.78 is 0. The molecule has 0 aliphatic heterocycles. The molecular formula is C11H12ClNO2. The lowest BCUT2D eigenvalue weighted by molar-refractivity contribution is -0.119. The molecule has 0 saturated heterocycles. The first kappa shape index (κ1) is 11.7. The molecule has 0 bridgehead atoms. The summed E-state index contributed by atoms with van der Waals surface area (Å²) in [5, 5.41) is 2.86. The molecule has 15 heavy (non-hydrogen) atoms. The molecule has 0 unspecified atom stereocenters. The van der Waals surface area contributed by atoms with E-state index in [1.165, 1.54) is 0 Å². The van der Waals surface area contributed by atoms with E-state index < -0.39 is 0 Å². The van der Waals surface area contributed by atoms with Crippen LogP contribution in [0.1, 0.15) is 29.3 Å². The van der Waals surface area contributed by atoms with E-state index in [4.69, 9.17) is 11.6 Å². The molecule has 1 rings (SSSR count). The molecule has 0 heterocycles. The molecule has 0 saturated carbocycles. The van der Waals surface area contributed by atoms with E-state index in [2.05, 4.69) is 5.32 Å². The molecular weight excluding hydrogens is 214 g/mol. The number of nitrogens with one attached hydrogen (secondary N) is 1. The van der Waals surface area contributed by atoms with Crippen molar-refractivity contribution >= 4 is 23.4 Å². The van der Waals surface area contributed by atoms with Crippen LogP contribution in [0.4, 0.5) is 0 Å². The SMILES string of the molecule is CCC(=O)NC(=O)c1ccc(Cl)cc1C. The van der Waals surface area contributed by atoms with Crippen LogP contribution >= 0.6 is 11.6 Å². The Morgan fingerprint density at radius 2 is 2.07 bits per heavy atom. The Morgan fingerprint density at radius 1 is 1.40 bits per heavy atom. The van der Waals surface area contributed by atoms with E-state index in [0.29, 0.717) is 17.0 Å². The minimum atomic E-state index is -0.379. The van der Waals surface area contributed by atoms with Crippen molar-refractivity contribution in [1.82, 2.24) is 5.32 Å². The highest BCUT2D eigenvalue weighted by Gasteiger charge is 2.11. The number of benzene rings is 1. The van der Waals surface area contributed by atoms with E-state index in [9.17, 15) is 9.59 Å². The normalized spacial score (nSPS) is 9.80. The van der Waals surface area contributed by atoms with Gasteiger partial charge < -0.3 is 0 Å². The fourth-order valence-corrected chi connectivity index (χ4v) is 1.39. The lowest BCUT2D eigenvalue weighted by atomic mass is 10.1. The van der Waals surface area contributed by atoms with Gasteiger partial charge in [-0.2, -0.15) is 0 Å². The van der Waals surface area contributed by atoms with Gasteiger partial charge in [-0.25, -0.2) is 0 Å². The highest BCUT2D eigenvalue weighted by atomic mass is 35.5. The predicted octanol–water partition coefficient (Wildman–Crippen LogP) is 2.31. The third-order valence-corrected chi connectivity index (χ3v) is 2.24. The molecule has 80 valence electrons. The Labute approximate surface area is 93.4 Å². The van der Waals surface area contributed by atoms with Gasteiger partial charge in [-0.1, -0.05) is 18.5 Å². The van der Waals surface area contributed by atoms with Crippen LogP contribution in [-0.4, -0.2) is 11.8 Å². The minimum absolute atomic E-state index is 0.283. The summed E-state index contributed by atoms with van der Waals surface area (Å²) in [7, 11) is 0. The van der Waals surface area contributed by atoms with Gasteiger partial charge in [0.1, 0.15) is 0 Å². The number of hydrogen-bond acceptors (Lipinski definition) is 2. The van der Waals surface area contributed by atoms with Crippen LogP contribution in [0.5, 0.6) is 0 Å². The van der Waals surface area contributed by atoms with E-state index in [-0.39, 0.29) is 11.8 Å². The van der Waals surface area contributed by atoms with Gasteiger partial charge in [-0.3, -0.25) is 14.9 Å². The molecule has 0 fully saturated rings. The lowest BCUT2D eigenvalue weighted by Gasteiger charge is -2.05. The third-order valence-electron chi connectivity index (χ3n) is 2.01. The standard InChI is InChI=1S/C11H12ClNO2/c1-3-10(14)13-11(15)9-5-4-8(12)6-7(9)2/h4-6H,3H2,1-2H3,(H,13,14,15). The maximum atomic E-state index is 11.6. The van der Waals surface area contributed by atoms with E-state index in [0.717, 1.165) is 5.56 Å². The topological polar surface area (TPSA) is 46.2 Å². The van der Waals surface area contributed by atoms with E-state index in [1.54, 1.807) is 32.0 Å². The average molecular weight is 226 g/mol. The first-order chi connectivity index (χ1) is 7.04. The number of aryl methyl sites for hydroxylation is 1. The van der Waals surface area contributed by atoms with Gasteiger partial charge in [0.05, 0.1) is 0 Å². The van der Waals surface area contributed by atoms with Crippen LogP contribution < -0.4 is 5.32 Å². The summed E-state index contributed by atoms with van der Waals surface area (Å²) in [6.45, 7) is 3.47. The first-order valence-corrected chi connectivity index (χ1v) is 5.02. The summed E-state index contributed by atoms with van der Waals surface area (Å²) in [5.74, 6) is -0.662. The van der Waals surface area contributed by atoms with Gasteiger partial charge >= 0.3 is 0 Å². The van der Waals surface area contributed by atoms with Gasteiger partial charge in [-0.15, -0.1) is 0 Å². The second-order valence-electron chi connectivity index (χ2n) is 3.19. The maximum Gasteiger partial charge on any atom is 0.258 e. The van der Waals surface area contributed by atoms with Gasteiger partial charge in [0.25, 0.3) is 5.91 Å². The Bertz CT molecular complexity index is 402. The van der Waals surface area contributed by atoms with Crippen molar-refractivity contribution in [3.8, 4) is 0 Å². The van der Waals surface area contributed by atoms with Crippen molar-refractivity contribution in [2.45, 2.75) is 20.3 Å². The van der Waals surface area contributed by atoms with Gasteiger partial charge in [-0.05, 0) is 30.7 Å². The number of imide groups is 1. The number of carbonyl (C=O) groups excluding carboxylic acids is 2. The molecule has 0 aromatic heterocycles. The van der Waals surface area contributed by atoms with Crippen LogP contribution in [-0.2, 0) is 4.79 Å². The van der Waals surface area contributed by atoms with Gasteiger partial charge in [0, 0.05) is 17.0 Å². The number of hydrogen-bond donors (Lipinski definition) is 1. The largest absolute Gasteiger partial charge is 0.292 e. The Kier molecular flexibility index (Phi) is 3.86. The molecule has 1 N–H and O–H groups in total. The molecule has 3 nitrogen and oxygen atoms in total. The summed E-state index contributed by atoms with van der Waals surface area (Å²) in [5.41, 5.74) is 1.23. The number of amides is 2. The fourth-order valence-electron chi connectivity index (χ4n) is 1.16. The van der Waals surface area contributed by atoms with Crippen molar-refractivity contribution in [1.29, 1.82) is 0 Å². The van der Waals surface area contributed by atoms with Crippen LogP contribution in [0, 0.1) is 6.92 Å². The van der Waals surface area contributed by atoms with E-state index >= 15 is 0 Å².